The minimum absolute atomic E-state index is 0.0566. The molecule has 7 nitrogen and oxygen atoms in total. The molecular formula is C14H23N3O4. The first kappa shape index (κ1) is 15.8. The van der Waals surface area contributed by atoms with Crippen molar-refractivity contribution in [3.8, 4) is 0 Å². The summed E-state index contributed by atoms with van der Waals surface area (Å²) in [5.74, 6) is -0.244. The van der Waals surface area contributed by atoms with Crippen LogP contribution in [0.25, 0.3) is 0 Å². The van der Waals surface area contributed by atoms with Crippen molar-refractivity contribution in [2.75, 3.05) is 13.2 Å². The van der Waals surface area contributed by atoms with Gasteiger partial charge in [-0.3, -0.25) is 14.5 Å². The second-order valence-electron chi connectivity index (χ2n) is 5.63. The molecule has 1 aliphatic carbocycles. The molecule has 21 heavy (non-hydrogen) atoms. The topological polar surface area (TPSA) is 102 Å². The highest BCUT2D eigenvalue weighted by Gasteiger charge is 2.41. The zero-order chi connectivity index (χ0) is 15.2. The average molecular weight is 297 g/mol. The first-order valence-electron chi connectivity index (χ1n) is 7.61. The van der Waals surface area contributed by atoms with Gasteiger partial charge in [-0.05, 0) is 12.8 Å². The molecule has 3 amide bonds. The highest BCUT2D eigenvalue weighted by molar-refractivity contribution is 6.05. The van der Waals surface area contributed by atoms with Gasteiger partial charge in [-0.1, -0.05) is 25.7 Å². The number of hydrogen-bond acceptors (Lipinski definition) is 5. The molecule has 1 heterocycles. The molecule has 0 spiro atoms. The quantitative estimate of drug-likeness (QED) is 0.437. The van der Waals surface area contributed by atoms with Crippen molar-refractivity contribution in [3.63, 3.8) is 0 Å². The van der Waals surface area contributed by atoms with Gasteiger partial charge in [-0.2, -0.15) is 0 Å². The van der Waals surface area contributed by atoms with Crippen LogP contribution in [0.15, 0.2) is 0 Å². The van der Waals surface area contributed by atoms with E-state index in [2.05, 4.69) is 10.1 Å². The lowest BCUT2D eigenvalue weighted by Gasteiger charge is -2.25. The summed E-state index contributed by atoms with van der Waals surface area (Å²) in [6, 6.07) is -0.446. The standard InChI is InChI=1S/C14H23N3O4/c15-14(20)21-8-7-16-11-9-12(18)17(13(11)19)10-5-3-1-2-4-6-10/h10-11,16H,1-9H2,(H2,15,20). The van der Waals surface area contributed by atoms with Gasteiger partial charge in [0, 0.05) is 12.6 Å². The van der Waals surface area contributed by atoms with Crippen molar-refractivity contribution in [2.24, 2.45) is 5.73 Å². The number of nitrogens with zero attached hydrogens (tertiary/aromatic N) is 1. The second-order valence-corrected chi connectivity index (χ2v) is 5.63. The normalized spacial score (nSPS) is 24.2. The maximum Gasteiger partial charge on any atom is 0.404 e. The number of rotatable bonds is 5. The fourth-order valence-electron chi connectivity index (χ4n) is 3.09. The summed E-state index contributed by atoms with van der Waals surface area (Å²) in [5, 5.41) is 2.96. The van der Waals surface area contributed by atoms with Crippen molar-refractivity contribution < 1.29 is 19.1 Å². The van der Waals surface area contributed by atoms with Crippen LogP contribution in [0.5, 0.6) is 0 Å². The van der Waals surface area contributed by atoms with Gasteiger partial charge in [0.2, 0.25) is 11.8 Å². The Bertz CT molecular complexity index is 405. The maximum absolute atomic E-state index is 12.4. The number of primary amides is 1. The second kappa shape index (κ2) is 7.40. The summed E-state index contributed by atoms with van der Waals surface area (Å²) in [4.78, 5) is 36.4. The Labute approximate surface area is 124 Å². The molecule has 118 valence electrons. The molecule has 0 radical (unpaired) electrons. The molecule has 0 bridgehead atoms. The van der Waals surface area contributed by atoms with Crippen molar-refractivity contribution >= 4 is 17.9 Å². The molecule has 0 aromatic rings. The van der Waals surface area contributed by atoms with Crippen molar-refractivity contribution in [2.45, 2.75) is 57.0 Å². The van der Waals surface area contributed by atoms with Crippen LogP contribution in [0, 0.1) is 0 Å². The van der Waals surface area contributed by atoms with Crippen molar-refractivity contribution in [1.29, 1.82) is 0 Å². The van der Waals surface area contributed by atoms with Crippen molar-refractivity contribution in [3.05, 3.63) is 0 Å². The molecular weight excluding hydrogens is 274 g/mol. The number of nitrogens with one attached hydrogen (secondary N) is 1. The van der Waals surface area contributed by atoms with E-state index in [1.54, 1.807) is 0 Å². The Kier molecular flexibility index (Phi) is 5.55. The van der Waals surface area contributed by atoms with Gasteiger partial charge in [0.1, 0.15) is 6.61 Å². The van der Waals surface area contributed by atoms with E-state index in [0.29, 0.717) is 6.54 Å². The first-order chi connectivity index (χ1) is 10.1. The molecule has 1 unspecified atom stereocenters. The SMILES string of the molecule is NC(=O)OCCNC1CC(=O)N(C2CCCCCC2)C1=O. The van der Waals surface area contributed by atoms with Crippen LogP contribution < -0.4 is 11.1 Å². The summed E-state index contributed by atoms with van der Waals surface area (Å²) in [6.07, 6.45) is 5.68. The Morgan fingerprint density at radius 2 is 1.90 bits per heavy atom. The summed E-state index contributed by atoms with van der Waals surface area (Å²) in [6.45, 7) is 0.405. The molecule has 0 aromatic carbocycles. The van der Waals surface area contributed by atoms with Gasteiger partial charge in [0.15, 0.2) is 0 Å². The molecule has 3 N–H and O–H groups in total. The summed E-state index contributed by atoms with van der Waals surface area (Å²) >= 11 is 0. The largest absolute Gasteiger partial charge is 0.448 e. The highest BCUT2D eigenvalue weighted by atomic mass is 16.5. The Balaban J connectivity index is 1.85. The zero-order valence-corrected chi connectivity index (χ0v) is 12.2. The van der Waals surface area contributed by atoms with Crippen LogP contribution >= 0.6 is 0 Å². The van der Waals surface area contributed by atoms with E-state index in [9.17, 15) is 14.4 Å². The Morgan fingerprint density at radius 3 is 2.52 bits per heavy atom. The monoisotopic (exact) mass is 297 g/mol. The molecule has 0 aromatic heterocycles. The number of ether oxygens (including phenoxy) is 1. The predicted molar refractivity (Wildman–Crippen MR) is 75.3 cm³/mol. The van der Waals surface area contributed by atoms with E-state index >= 15 is 0 Å². The van der Waals surface area contributed by atoms with E-state index in [0.717, 1.165) is 25.7 Å². The molecule has 1 saturated heterocycles. The molecule has 7 heteroatoms. The highest BCUT2D eigenvalue weighted by Crippen LogP contribution is 2.26. The minimum atomic E-state index is -0.842. The maximum atomic E-state index is 12.4. The third-order valence-corrected chi connectivity index (χ3v) is 4.11. The van der Waals surface area contributed by atoms with Crippen LogP contribution in [-0.2, 0) is 14.3 Å². The predicted octanol–water partition coefficient (Wildman–Crippen LogP) is 0.522. The van der Waals surface area contributed by atoms with Gasteiger partial charge in [0.05, 0.1) is 12.5 Å². The van der Waals surface area contributed by atoms with E-state index in [4.69, 9.17) is 5.73 Å². The lowest BCUT2D eigenvalue weighted by molar-refractivity contribution is -0.141. The first-order valence-corrected chi connectivity index (χ1v) is 7.61. The molecule has 2 fully saturated rings. The molecule has 2 rings (SSSR count). The Morgan fingerprint density at radius 1 is 1.24 bits per heavy atom. The Hall–Kier alpha value is -1.63. The van der Waals surface area contributed by atoms with Crippen LogP contribution in [-0.4, -0.2) is 48.0 Å². The van der Waals surface area contributed by atoms with Crippen LogP contribution in [0.1, 0.15) is 44.9 Å². The van der Waals surface area contributed by atoms with E-state index < -0.39 is 12.1 Å². The lowest BCUT2D eigenvalue weighted by atomic mass is 10.1. The summed E-state index contributed by atoms with van der Waals surface area (Å²) < 4.78 is 4.59. The van der Waals surface area contributed by atoms with E-state index in [1.165, 1.54) is 17.7 Å². The third-order valence-electron chi connectivity index (χ3n) is 4.11. The summed E-state index contributed by atoms with van der Waals surface area (Å²) in [7, 11) is 0. The smallest absolute Gasteiger partial charge is 0.404 e. The number of hydrogen-bond donors (Lipinski definition) is 2. The minimum Gasteiger partial charge on any atom is -0.448 e. The molecule has 2 aliphatic rings. The van der Waals surface area contributed by atoms with Gasteiger partial charge in [-0.25, -0.2) is 4.79 Å². The fourth-order valence-corrected chi connectivity index (χ4v) is 3.09. The van der Waals surface area contributed by atoms with Gasteiger partial charge >= 0.3 is 6.09 Å². The lowest BCUT2D eigenvalue weighted by Crippen LogP contribution is -2.44. The van der Waals surface area contributed by atoms with Crippen molar-refractivity contribution in [1.82, 2.24) is 10.2 Å². The van der Waals surface area contributed by atoms with E-state index in [-0.39, 0.29) is 30.9 Å². The fraction of sp³-hybridized carbons (Fsp3) is 0.786. The molecule has 1 aliphatic heterocycles. The zero-order valence-electron chi connectivity index (χ0n) is 12.2. The number of likely N-dealkylation sites (tertiary alicyclic amines) is 1. The van der Waals surface area contributed by atoms with Crippen LogP contribution in [0.2, 0.25) is 0 Å². The van der Waals surface area contributed by atoms with Gasteiger partial charge in [0.25, 0.3) is 0 Å². The molecule has 1 atom stereocenters. The molecule has 1 saturated carbocycles. The number of imide groups is 1. The third kappa shape index (κ3) is 4.17. The summed E-state index contributed by atoms with van der Waals surface area (Å²) in [5.41, 5.74) is 4.85. The van der Waals surface area contributed by atoms with Crippen LogP contribution in [0.3, 0.4) is 0 Å². The number of amides is 3. The average Bonchev–Trinajstić information content (AvgIpc) is 2.63. The number of carbonyl (C=O) groups excluding carboxylic acids is 3. The van der Waals surface area contributed by atoms with Crippen LogP contribution in [0.4, 0.5) is 4.79 Å². The van der Waals surface area contributed by atoms with Gasteiger partial charge in [-0.15, -0.1) is 0 Å². The van der Waals surface area contributed by atoms with E-state index in [1.807, 2.05) is 0 Å². The van der Waals surface area contributed by atoms with Gasteiger partial charge < -0.3 is 15.8 Å². The number of nitrogens with two attached hydrogens (primary N) is 1. The number of carbonyl (C=O) groups is 3.